The van der Waals surface area contributed by atoms with E-state index in [1.807, 2.05) is 0 Å². The Morgan fingerprint density at radius 1 is 0.242 bits per heavy atom. The highest BCUT2D eigenvalue weighted by Crippen LogP contribution is 2.64. The van der Waals surface area contributed by atoms with E-state index in [0.29, 0.717) is 0 Å². The largest absolute Gasteiger partial charge is 0.483 e. The molecule has 1 nitrogen and oxygen atoms in total. The van der Waals surface area contributed by atoms with Crippen LogP contribution in [0.2, 0.25) is 0 Å². The van der Waals surface area contributed by atoms with E-state index >= 15 is 0 Å². The van der Waals surface area contributed by atoms with Crippen LogP contribution >= 0.6 is 0 Å². The molecule has 0 aromatic rings. The normalized spacial score (nSPS) is 16.9. The number of ether oxygens (including phenoxy) is 1. The molecule has 23 heteroatoms. The number of hydrogen-bond acceptors (Lipinski definition) is 1. The van der Waals surface area contributed by atoms with Crippen LogP contribution in [0.5, 0.6) is 0 Å². The molecular weight excluding hydrogens is 555 g/mol. The number of alkyl halides is 22. The molecule has 0 saturated carbocycles. The lowest BCUT2D eigenvalue weighted by molar-refractivity contribution is -0.519. The maximum absolute atomic E-state index is 13.1. The second kappa shape index (κ2) is 7.46. The second-order valence-electron chi connectivity index (χ2n) is 5.58. The summed E-state index contributed by atoms with van der Waals surface area (Å²) in [6, 6.07) is 0. The van der Waals surface area contributed by atoms with Crippen LogP contribution in [-0.2, 0) is 4.74 Å². The smallest absolute Gasteiger partial charge is 0.243 e. The van der Waals surface area contributed by atoms with Crippen molar-refractivity contribution in [2.24, 2.45) is 0 Å². The van der Waals surface area contributed by atoms with Gasteiger partial charge < -0.3 is 0 Å². The highest BCUT2D eigenvalue weighted by atomic mass is 19.4. The fourth-order valence-electron chi connectivity index (χ4n) is 1.43. The van der Waals surface area contributed by atoms with Crippen LogP contribution in [0.1, 0.15) is 0 Å². The third kappa shape index (κ3) is 4.21. The molecule has 0 aliphatic carbocycles. The molecule has 0 radical (unpaired) electrons. The maximum atomic E-state index is 13.1. The van der Waals surface area contributed by atoms with Crippen LogP contribution in [0, 0.1) is 0 Å². The van der Waals surface area contributed by atoms with E-state index in [1.54, 1.807) is 0 Å². The molecule has 0 bridgehead atoms. The average molecular weight is 555 g/mol. The summed E-state index contributed by atoms with van der Waals surface area (Å²) in [5.41, 5.74) is 0. The number of halogens is 22. The first-order valence-electron chi connectivity index (χ1n) is 6.57. The SMILES string of the molecule is FC(F)(F)C(F)(F)O[13C](F)(F)C(F)(F)C(F)(F)C(F)(F)C(F)(F)C(F)(F)C(F)(F)C(F)(F)F. The van der Waals surface area contributed by atoms with Gasteiger partial charge in [-0.2, -0.15) is 96.6 Å². The highest BCUT2D eigenvalue weighted by molar-refractivity contribution is 5.14. The summed E-state index contributed by atoms with van der Waals surface area (Å²) < 4.78 is 277. The van der Waals surface area contributed by atoms with E-state index in [1.165, 1.54) is 0 Å². The summed E-state index contributed by atoms with van der Waals surface area (Å²) in [5, 5.41) is 0. The van der Waals surface area contributed by atoms with E-state index in [9.17, 15) is 96.6 Å². The van der Waals surface area contributed by atoms with Gasteiger partial charge in [0.15, 0.2) is 0 Å². The van der Waals surface area contributed by atoms with E-state index in [-0.39, 0.29) is 0 Å². The Kier molecular flexibility index (Phi) is 7.10. The molecule has 200 valence electrons. The molecule has 0 amide bonds. The van der Waals surface area contributed by atoms with E-state index in [0.717, 1.165) is 4.74 Å². The first-order chi connectivity index (χ1) is 13.7. The third-order valence-corrected chi connectivity index (χ3v) is 3.28. The molecule has 0 aromatic carbocycles. The molecular formula is C10F22O. The topological polar surface area (TPSA) is 9.23 Å². The molecule has 0 unspecified atom stereocenters. The zero-order chi connectivity index (χ0) is 27.7. The summed E-state index contributed by atoms with van der Waals surface area (Å²) in [4.78, 5) is 0. The van der Waals surface area contributed by atoms with Crippen molar-refractivity contribution in [3.8, 4) is 0 Å². The summed E-state index contributed by atoms with van der Waals surface area (Å²) in [7, 11) is 0. The predicted molar refractivity (Wildman–Crippen MR) is 52.8 cm³/mol. The predicted octanol–water partition coefficient (Wildman–Crippen LogP) is 7.13. The quantitative estimate of drug-likeness (QED) is 0.229. The standard InChI is InChI=1S/C10F22O/c11-1(12,3(15,16)5(19,20)7(23,24)25)2(13,14)4(17,18)6(21,22)9(29,30)33-10(31,32)8(26,27)28/i9+1. The van der Waals surface area contributed by atoms with Gasteiger partial charge >= 0.3 is 60.1 Å². The molecule has 0 fully saturated rings. The molecule has 0 aliphatic heterocycles. The van der Waals surface area contributed by atoms with Gasteiger partial charge in [-0.25, -0.2) is 4.74 Å². The van der Waals surface area contributed by atoms with Gasteiger partial charge in [0.25, 0.3) is 0 Å². The van der Waals surface area contributed by atoms with Crippen molar-refractivity contribution in [1.82, 2.24) is 0 Å². The average Bonchev–Trinajstić information content (AvgIpc) is 2.50. The van der Waals surface area contributed by atoms with Gasteiger partial charge in [0.05, 0.1) is 0 Å². The Balaban J connectivity index is 6.77. The van der Waals surface area contributed by atoms with E-state index in [2.05, 4.69) is 0 Å². The molecule has 0 spiro atoms. The van der Waals surface area contributed by atoms with Gasteiger partial charge in [0, 0.05) is 0 Å². The van der Waals surface area contributed by atoms with Crippen molar-refractivity contribution in [3.05, 3.63) is 0 Å². The van der Waals surface area contributed by atoms with Gasteiger partial charge in [0.2, 0.25) is 0 Å². The Morgan fingerprint density at radius 2 is 0.485 bits per heavy atom. The Morgan fingerprint density at radius 3 is 0.727 bits per heavy atom. The minimum Gasteiger partial charge on any atom is -0.243 e. The Bertz CT molecular complexity index is 708. The van der Waals surface area contributed by atoms with Crippen molar-refractivity contribution in [3.63, 3.8) is 0 Å². The van der Waals surface area contributed by atoms with Crippen LogP contribution in [0.3, 0.4) is 0 Å². The highest BCUT2D eigenvalue weighted by Gasteiger charge is 2.96. The minimum atomic E-state index is -9.14. The van der Waals surface area contributed by atoms with Crippen LogP contribution in [-0.4, -0.2) is 60.1 Å². The molecule has 0 rings (SSSR count). The first kappa shape index (κ1) is 31.4. The van der Waals surface area contributed by atoms with Crippen LogP contribution in [0.15, 0.2) is 0 Å². The maximum Gasteiger partial charge on any atom is 0.483 e. The zero-order valence-electron chi connectivity index (χ0n) is 13.7. The number of hydrogen-bond donors (Lipinski definition) is 0. The van der Waals surface area contributed by atoms with Crippen molar-refractivity contribution >= 4 is 0 Å². The molecule has 0 N–H and O–H groups in total. The van der Waals surface area contributed by atoms with Crippen molar-refractivity contribution < 1.29 is 101 Å². The lowest BCUT2D eigenvalue weighted by atomic mass is 9.92. The van der Waals surface area contributed by atoms with Crippen molar-refractivity contribution in [2.75, 3.05) is 0 Å². The summed E-state index contributed by atoms with van der Waals surface area (Å²) in [6.45, 7) is 0. The van der Waals surface area contributed by atoms with Gasteiger partial charge in [-0.05, 0) is 0 Å². The fourth-order valence-corrected chi connectivity index (χ4v) is 1.43. The lowest BCUT2D eigenvalue weighted by Gasteiger charge is -2.42. The van der Waals surface area contributed by atoms with Gasteiger partial charge in [0.1, 0.15) is 0 Å². The van der Waals surface area contributed by atoms with Crippen molar-refractivity contribution in [2.45, 2.75) is 60.1 Å². The summed E-state index contributed by atoms with van der Waals surface area (Å²) in [6.07, 6.45) is -31.5. The monoisotopic (exact) mass is 555 g/mol. The third-order valence-electron chi connectivity index (χ3n) is 3.28. The summed E-state index contributed by atoms with van der Waals surface area (Å²) >= 11 is 0. The molecule has 33 heavy (non-hydrogen) atoms. The first-order valence-corrected chi connectivity index (χ1v) is 6.57. The molecule has 0 heterocycles. The lowest BCUT2D eigenvalue weighted by Crippen LogP contribution is -2.75. The van der Waals surface area contributed by atoms with Crippen LogP contribution in [0.25, 0.3) is 0 Å². The Hall–Kier alpha value is -1.58. The van der Waals surface area contributed by atoms with E-state index in [4.69, 9.17) is 0 Å². The van der Waals surface area contributed by atoms with Gasteiger partial charge in [-0.3, -0.25) is 0 Å². The summed E-state index contributed by atoms with van der Waals surface area (Å²) in [5.74, 6) is -53.4. The molecule has 0 aromatic heterocycles. The fraction of sp³-hybridized carbons (Fsp3) is 1.00. The molecule has 0 saturated heterocycles. The molecule has 0 atom stereocenters. The van der Waals surface area contributed by atoms with E-state index < -0.39 is 60.1 Å². The van der Waals surface area contributed by atoms with Crippen molar-refractivity contribution in [1.29, 1.82) is 0 Å². The van der Waals surface area contributed by atoms with Crippen LogP contribution in [0.4, 0.5) is 96.6 Å². The van der Waals surface area contributed by atoms with Gasteiger partial charge in [-0.15, -0.1) is 0 Å². The Labute approximate surface area is 163 Å². The number of rotatable bonds is 8. The van der Waals surface area contributed by atoms with Gasteiger partial charge in [-0.1, -0.05) is 0 Å². The minimum absolute atomic E-state index is 0.940. The second-order valence-corrected chi connectivity index (χ2v) is 5.58. The van der Waals surface area contributed by atoms with Crippen LogP contribution < -0.4 is 0 Å². The molecule has 0 aliphatic rings. The zero-order valence-corrected chi connectivity index (χ0v) is 13.7.